The molecule has 3 rings (SSSR count). The second-order valence-corrected chi connectivity index (χ2v) is 7.38. The fourth-order valence-electron chi connectivity index (χ4n) is 3.75. The molecule has 1 fully saturated rings. The van der Waals surface area contributed by atoms with Crippen LogP contribution in [0.3, 0.4) is 0 Å². The normalized spacial score (nSPS) is 21.2. The van der Waals surface area contributed by atoms with Crippen LogP contribution in [0.15, 0.2) is 53.1 Å². The van der Waals surface area contributed by atoms with E-state index in [1.165, 1.54) is 6.26 Å². The van der Waals surface area contributed by atoms with Crippen molar-refractivity contribution in [2.45, 2.75) is 32.7 Å². The highest BCUT2D eigenvalue weighted by Gasteiger charge is 2.31. The van der Waals surface area contributed by atoms with Gasteiger partial charge < -0.3 is 14.6 Å². The summed E-state index contributed by atoms with van der Waals surface area (Å²) in [5.74, 6) is 0.785. The van der Waals surface area contributed by atoms with Gasteiger partial charge in [0.1, 0.15) is 6.04 Å². The molecule has 1 aliphatic heterocycles. The first kappa shape index (κ1) is 18.2. The van der Waals surface area contributed by atoms with Crippen molar-refractivity contribution in [3.63, 3.8) is 0 Å². The lowest BCUT2D eigenvalue weighted by atomic mass is 9.91. The van der Waals surface area contributed by atoms with Crippen molar-refractivity contribution in [2.75, 3.05) is 13.1 Å². The molecule has 0 unspecified atom stereocenters. The quantitative estimate of drug-likeness (QED) is 0.897. The number of hydrogen-bond donors (Lipinski definition) is 1. The predicted molar refractivity (Wildman–Crippen MR) is 99.6 cm³/mol. The van der Waals surface area contributed by atoms with Crippen molar-refractivity contribution in [1.29, 1.82) is 0 Å². The van der Waals surface area contributed by atoms with Gasteiger partial charge in [-0.1, -0.05) is 44.2 Å². The van der Waals surface area contributed by atoms with E-state index in [-0.39, 0.29) is 17.6 Å². The molecule has 2 aromatic rings. The number of nitrogens with one attached hydrogen (secondary N) is 1. The Balaban J connectivity index is 1.77. The predicted octanol–water partition coefficient (Wildman–Crippen LogP) is 3.13. The Morgan fingerprint density at radius 1 is 1.12 bits per heavy atom. The van der Waals surface area contributed by atoms with Crippen LogP contribution in [0.25, 0.3) is 0 Å². The molecule has 0 bridgehead atoms. The summed E-state index contributed by atoms with van der Waals surface area (Å²) in [5.41, 5.74) is 1.02. The number of hydrogen-bond acceptors (Lipinski definition) is 3. The fourth-order valence-corrected chi connectivity index (χ4v) is 3.75. The van der Waals surface area contributed by atoms with E-state index in [2.05, 4.69) is 19.2 Å². The number of piperidine rings is 1. The molecule has 1 N–H and O–H groups in total. The third-order valence-corrected chi connectivity index (χ3v) is 4.81. The first-order valence-corrected chi connectivity index (χ1v) is 9.20. The number of rotatable bonds is 5. The molecule has 0 aliphatic carbocycles. The van der Waals surface area contributed by atoms with Crippen LogP contribution < -0.4 is 5.32 Å². The van der Waals surface area contributed by atoms with Crippen LogP contribution in [-0.2, 0) is 11.2 Å². The van der Waals surface area contributed by atoms with Crippen LogP contribution in [0, 0.1) is 11.8 Å². The van der Waals surface area contributed by atoms with Crippen molar-refractivity contribution >= 4 is 11.8 Å². The van der Waals surface area contributed by atoms with E-state index in [0.717, 1.165) is 25.1 Å². The highest BCUT2D eigenvalue weighted by atomic mass is 16.3. The van der Waals surface area contributed by atoms with E-state index in [0.29, 0.717) is 18.3 Å². The number of nitrogens with zero attached hydrogens (tertiary/aromatic N) is 1. The third kappa shape index (κ3) is 4.54. The molecular formula is C21H26N2O3. The lowest BCUT2D eigenvalue weighted by molar-refractivity contribution is -0.135. The number of carbonyl (C=O) groups excluding carboxylic acids is 2. The Bertz CT molecular complexity index is 717. The van der Waals surface area contributed by atoms with Crippen LogP contribution in [0.1, 0.15) is 36.4 Å². The van der Waals surface area contributed by atoms with Gasteiger partial charge in [0.15, 0.2) is 5.76 Å². The monoisotopic (exact) mass is 354 g/mol. The molecule has 1 aromatic carbocycles. The molecule has 1 saturated heterocycles. The number of carbonyl (C=O) groups is 2. The summed E-state index contributed by atoms with van der Waals surface area (Å²) >= 11 is 0. The van der Waals surface area contributed by atoms with Crippen molar-refractivity contribution < 1.29 is 14.0 Å². The van der Waals surface area contributed by atoms with Crippen LogP contribution >= 0.6 is 0 Å². The summed E-state index contributed by atoms with van der Waals surface area (Å²) in [5, 5.41) is 2.87. The van der Waals surface area contributed by atoms with Gasteiger partial charge in [0.05, 0.1) is 6.26 Å². The Labute approximate surface area is 154 Å². The van der Waals surface area contributed by atoms with E-state index in [1.54, 1.807) is 12.1 Å². The average Bonchev–Trinajstić information content (AvgIpc) is 3.15. The summed E-state index contributed by atoms with van der Waals surface area (Å²) in [6.45, 7) is 5.82. The highest BCUT2D eigenvalue weighted by Crippen LogP contribution is 2.22. The summed E-state index contributed by atoms with van der Waals surface area (Å²) in [6, 6.07) is 12.4. The first-order chi connectivity index (χ1) is 12.5. The summed E-state index contributed by atoms with van der Waals surface area (Å²) < 4.78 is 5.17. The van der Waals surface area contributed by atoms with Crippen molar-refractivity contribution in [3.8, 4) is 0 Å². The number of likely N-dealkylation sites (tertiary alicyclic amines) is 1. The second-order valence-electron chi connectivity index (χ2n) is 7.38. The molecule has 1 aliphatic rings. The van der Waals surface area contributed by atoms with Gasteiger partial charge in [0.25, 0.3) is 5.91 Å². The Morgan fingerprint density at radius 2 is 1.81 bits per heavy atom. The first-order valence-electron chi connectivity index (χ1n) is 9.20. The molecule has 2 heterocycles. The molecule has 26 heavy (non-hydrogen) atoms. The minimum Gasteiger partial charge on any atom is -0.459 e. The van der Waals surface area contributed by atoms with Crippen LogP contribution in [-0.4, -0.2) is 35.8 Å². The van der Waals surface area contributed by atoms with Gasteiger partial charge in [-0.25, -0.2) is 0 Å². The zero-order valence-corrected chi connectivity index (χ0v) is 15.4. The minimum absolute atomic E-state index is 0.0211. The summed E-state index contributed by atoms with van der Waals surface area (Å²) in [4.78, 5) is 27.5. The standard InChI is InChI=1S/C21H26N2O3/c1-15-11-16(2)14-23(13-15)21(25)18(12-17-7-4-3-5-8-17)22-20(24)19-9-6-10-26-19/h3-10,15-16,18H,11-14H2,1-2H3,(H,22,24)/t15-,16+,18-/m0/s1. The number of amides is 2. The van der Waals surface area contributed by atoms with Gasteiger partial charge in [0, 0.05) is 19.5 Å². The smallest absolute Gasteiger partial charge is 0.287 e. The zero-order chi connectivity index (χ0) is 18.5. The Hall–Kier alpha value is -2.56. The SMILES string of the molecule is C[C@@H]1C[C@H](C)CN(C(=O)[C@H](Cc2ccccc2)NC(=O)c2ccco2)C1. The van der Waals surface area contributed by atoms with Gasteiger partial charge in [0.2, 0.25) is 5.91 Å². The molecule has 0 spiro atoms. The lowest BCUT2D eigenvalue weighted by Crippen LogP contribution is -2.53. The summed E-state index contributed by atoms with van der Waals surface area (Å²) in [6.07, 6.45) is 3.05. The lowest BCUT2D eigenvalue weighted by Gasteiger charge is -2.37. The molecule has 5 heteroatoms. The molecule has 2 amide bonds. The van der Waals surface area contributed by atoms with Crippen LogP contribution in [0.2, 0.25) is 0 Å². The van der Waals surface area contributed by atoms with Crippen molar-refractivity contribution in [3.05, 3.63) is 60.1 Å². The Morgan fingerprint density at radius 3 is 2.42 bits per heavy atom. The highest BCUT2D eigenvalue weighted by molar-refractivity contribution is 5.95. The van der Waals surface area contributed by atoms with Crippen LogP contribution in [0.4, 0.5) is 0 Å². The van der Waals surface area contributed by atoms with Crippen molar-refractivity contribution in [1.82, 2.24) is 10.2 Å². The van der Waals surface area contributed by atoms with Gasteiger partial charge in [-0.2, -0.15) is 0 Å². The van der Waals surface area contributed by atoms with E-state index < -0.39 is 6.04 Å². The molecular weight excluding hydrogens is 328 g/mol. The van der Waals surface area contributed by atoms with Gasteiger partial charge >= 0.3 is 0 Å². The number of benzene rings is 1. The zero-order valence-electron chi connectivity index (χ0n) is 15.4. The van der Waals surface area contributed by atoms with Crippen molar-refractivity contribution in [2.24, 2.45) is 11.8 Å². The molecule has 0 radical (unpaired) electrons. The minimum atomic E-state index is -0.604. The third-order valence-electron chi connectivity index (χ3n) is 4.81. The maximum absolute atomic E-state index is 13.2. The van der Waals surface area contributed by atoms with E-state index >= 15 is 0 Å². The van der Waals surface area contributed by atoms with Crippen LogP contribution in [0.5, 0.6) is 0 Å². The van der Waals surface area contributed by atoms with Gasteiger partial charge in [-0.15, -0.1) is 0 Å². The van der Waals surface area contributed by atoms with Gasteiger partial charge in [-0.3, -0.25) is 9.59 Å². The molecule has 1 aromatic heterocycles. The largest absolute Gasteiger partial charge is 0.459 e. The maximum atomic E-state index is 13.2. The maximum Gasteiger partial charge on any atom is 0.287 e. The molecule has 5 nitrogen and oxygen atoms in total. The Kier molecular flexibility index (Phi) is 5.76. The molecule has 138 valence electrons. The second kappa shape index (κ2) is 8.21. The molecule has 3 atom stereocenters. The van der Waals surface area contributed by atoms with E-state index in [1.807, 2.05) is 35.2 Å². The topological polar surface area (TPSA) is 62.6 Å². The summed E-state index contributed by atoms with van der Waals surface area (Å²) in [7, 11) is 0. The number of furan rings is 1. The van der Waals surface area contributed by atoms with E-state index in [9.17, 15) is 9.59 Å². The molecule has 0 saturated carbocycles. The average molecular weight is 354 g/mol. The van der Waals surface area contributed by atoms with Gasteiger partial charge in [-0.05, 0) is 36.0 Å². The fraction of sp³-hybridized carbons (Fsp3) is 0.429. The van der Waals surface area contributed by atoms with E-state index in [4.69, 9.17) is 4.42 Å².